The van der Waals surface area contributed by atoms with Crippen LogP contribution in [0.1, 0.15) is 19.8 Å². The normalized spacial score (nSPS) is 29.8. The van der Waals surface area contributed by atoms with E-state index in [2.05, 4.69) is 5.10 Å². The third-order valence-corrected chi connectivity index (χ3v) is 6.05. The Morgan fingerprint density at radius 3 is 2.64 bits per heavy atom. The summed E-state index contributed by atoms with van der Waals surface area (Å²) in [5.41, 5.74) is -1.65. The number of aliphatic carboxylic acids is 1. The number of carboxylic acid groups (broad SMARTS) is 1. The Labute approximate surface area is 145 Å². The van der Waals surface area contributed by atoms with Crippen molar-refractivity contribution < 1.29 is 19.5 Å². The molecule has 0 aromatic carbocycles. The zero-order valence-corrected chi connectivity index (χ0v) is 14.2. The number of likely N-dealkylation sites (tertiary alicyclic amines) is 2. The van der Waals surface area contributed by atoms with Crippen LogP contribution in [0.4, 0.5) is 0 Å². The molecule has 0 radical (unpaired) electrons. The van der Waals surface area contributed by atoms with Gasteiger partial charge in [0, 0.05) is 38.6 Å². The van der Waals surface area contributed by atoms with Gasteiger partial charge in [-0.05, 0) is 25.8 Å². The van der Waals surface area contributed by atoms with Crippen LogP contribution < -0.4 is 0 Å². The molecular weight excluding hydrogens is 324 g/mol. The fourth-order valence-electron chi connectivity index (χ4n) is 4.36. The number of carbonyl (C=O) groups excluding carboxylic acids is 2. The molecule has 3 aliphatic rings. The summed E-state index contributed by atoms with van der Waals surface area (Å²) in [6, 6.07) is 1.82. The molecule has 2 aliphatic heterocycles. The third kappa shape index (κ3) is 2.26. The summed E-state index contributed by atoms with van der Waals surface area (Å²) >= 11 is 0. The molecule has 1 saturated carbocycles. The summed E-state index contributed by atoms with van der Waals surface area (Å²) in [4.78, 5) is 40.8. The highest BCUT2D eigenvalue weighted by molar-refractivity contribution is 5.95. The van der Waals surface area contributed by atoms with E-state index in [0.29, 0.717) is 13.1 Å². The van der Waals surface area contributed by atoms with Crippen molar-refractivity contribution in [1.82, 2.24) is 19.6 Å². The van der Waals surface area contributed by atoms with Gasteiger partial charge in [0.1, 0.15) is 5.41 Å². The molecule has 1 aliphatic carbocycles. The van der Waals surface area contributed by atoms with Gasteiger partial charge in [-0.1, -0.05) is 0 Å². The quantitative estimate of drug-likeness (QED) is 0.813. The van der Waals surface area contributed by atoms with Crippen LogP contribution in [0.25, 0.3) is 0 Å². The van der Waals surface area contributed by atoms with Crippen molar-refractivity contribution in [2.24, 2.45) is 16.7 Å². The second kappa shape index (κ2) is 5.31. The monoisotopic (exact) mass is 346 g/mol. The Morgan fingerprint density at radius 1 is 1.36 bits per heavy atom. The number of nitrogens with zero attached hydrogens (tertiary/aromatic N) is 4. The number of aromatic nitrogens is 2. The maximum atomic E-state index is 13.1. The standard InChI is InChI=1S/C17H22N4O4/c1-2-19-10-17(15(24)25)11-20(8-12(17)13(19)22)14(23)16(4-5-16)9-21-7-3-6-18-21/h3,6-7,12H,2,4-5,8-11H2,1H3,(H,24,25)/t12-,17+/m1/s1. The van der Waals surface area contributed by atoms with Gasteiger partial charge in [0.25, 0.3) is 0 Å². The largest absolute Gasteiger partial charge is 0.481 e. The van der Waals surface area contributed by atoms with E-state index in [1.54, 1.807) is 20.7 Å². The minimum atomic E-state index is -1.16. The summed E-state index contributed by atoms with van der Waals surface area (Å²) < 4.78 is 1.75. The van der Waals surface area contributed by atoms with Crippen LogP contribution in [-0.4, -0.2) is 68.6 Å². The molecule has 0 unspecified atom stereocenters. The lowest BCUT2D eigenvalue weighted by atomic mass is 9.81. The highest BCUT2D eigenvalue weighted by Gasteiger charge is 2.64. The lowest BCUT2D eigenvalue weighted by molar-refractivity contribution is -0.150. The topological polar surface area (TPSA) is 95.7 Å². The molecule has 1 aromatic rings. The van der Waals surface area contributed by atoms with Crippen molar-refractivity contribution in [3.8, 4) is 0 Å². The first kappa shape index (κ1) is 16.1. The molecule has 8 nitrogen and oxygen atoms in total. The number of carboxylic acids is 1. The summed E-state index contributed by atoms with van der Waals surface area (Å²) in [5, 5.41) is 14.0. The average Bonchev–Trinajstić information content (AvgIpc) is 2.95. The van der Waals surface area contributed by atoms with Crippen LogP contribution in [0.3, 0.4) is 0 Å². The van der Waals surface area contributed by atoms with Crippen LogP contribution in [0.15, 0.2) is 18.5 Å². The molecule has 134 valence electrons. The molecule has 1 N–H and O–H groups in total. The molecule has 4 rings (SSSR count). The van der Waals surface area contributed by atoms with Crippen molar-refractivity contribution >= 4 is 17.8 Å². The molecule has 25 heavy (non-hydrogen) atoms. The van der Waals surface area contributed by atoms with Gasteiger partial charge in [0.15, 0.2) is 0 Å². The van der Waals surface area contributed by atoms with Gasteiger partial charge in [0.2, 0.25) is 11.8 Å². The van der Waals surface area contributed by atoms with Crippen LogP contribution in [-0.2, 0) is 20.9 Å². The van der Waals surface area contributed by atoms with E-state index in [-0.39, 0.29) is 31.4 Å². The molecule has 3 fully saturated rings. The van der Waals surface area contributed by atoms with Crippen LogP contribution in [0, 0.1) is 16.7 Å². The summed E-state index contributed by atoms with van der Waals surface area (Å²) in [6.45, 7) is 3.38. The zero-order valence-electron chi connectivity index (χ0n) is 14.2. The number of amides is 2. The molecule has 2 amide bonds. The van der Waals surface area contributed by atoms with Crippen molar-refractivity contribution in [3.05, 3.63) is 18.5 Å². The summed E-state index contributed by atoms with van der Waals surface area (Å²) in [6.07, 6.45) is 5.07. The lowest BCUT2D eigenvalue weighted by Gasteiger charge is -2.27. The van der Waals surface area contributed by atoms with E-state index in [1.807, 2.05) is 19.2 Å². The van der Waals surface area contributed by atoms with E-state index in [9.17, 15) is 19.5 Å². The number of rotatable bonds is 5. The number of fused-ring (bicyclic) bond motifs is 1. The van der Waals surface area contributed by atoms with Gasteiger partial charge in [-0.2, -0.15) is 5.10 Å². The van der Waals surface area contributed by atoms with E-state index >= 15 is 0 Å². The van der Waals surface area contributed by atoms with E-state index in [0.717, 1.165) is 12.8 Å². The molecule has 0 spiro atoms. The highest BCUT2D eigenvalue weighted by Crippen LogP contribution is 2.51. The van der Waals surface area contributed by atoms with Gasteiger partial charge in [0.05, 0.1) is 17.9 Å². The van der Waals surface area contributed by atoms with Crippen molar-refractivity contribution in [1.29, 1.82) is 0 Å². The maximum absolute atomic E-state index is 13.1. The van der Waals surface area contributed by atoms with Gasteiger partial charge >= 0.3 is 5.97 Å². The van der Waals surface area contributed by atoms with Crippen LogP contribution >= 0.6 is 0 Å². The van der Waals surface area contributed by atoms with Crippen LogP contribution in [0.5, 0.6) is 0 Å². The van der Waals surface area contributed by atoms with Gasteiger partial charge in [-0.25, -0.2) is 0 Å². The molecular formula is C17H22N4O4. The van der Waals surface area contributed by atoms with E-state index in [1.165, 1.54) is 0 Å². The summed E-state index contributed by atoms with van der Waals surface area (Å²) in [7, 11) is 0. The van der Waals surface area contributed by atoms with Crippen molar-refractivity contribution in [2.75, 3.05) is 26.2 Å². The molecule has 1 aromatic heterocycles. The molecule has 3 heterocycles. The first-order valence-corrected chi connectivity index (χ1v) is 8.71. The van der Waals surface area contributed by atoms with Crippen molar-refractivity contribution in [2.45, 2.75) is 26.3 Å². The Kier molecular flexibility index (Phi) is 3.42. The predicted molar refractivity (Wildman–Crippen MR) is 86.3 cm³/mol. The first-order chi connectivity index (χ1) is 11.9. The predicted octanol–water partition coefficient (Wildman–Crippen LogP) is 0.0548. The zero-order chi connectivity index (χ0) is 17.8. The Bertz CT molecular complexity index is 727. The molecule has 8 heteroatoms. The average molecular weight is 346 g/mol. The number of carbonyl (C=O) groups is 3. The molecule has 2 saturated heterocycles. The minimum Gasteiger partial charge on any atom is -0.481 e. The second-order valence-electron chi connectivity index (χ2n) is 7.54. The smallest absolute Gasteiger partial charge is 0.314 e. The fraction of sp³-hybridized carbons (Fsp3) is 0.647. The SMILES string of the molecule is CCN1C[C@]2(C(=O)O)CN(C(=O)C3(Cn4cccn4)CC3)C[C@@H]2C1=O. The van der Waals surface area contributed by atoms with Crippen LogP contribution in [0.2, 0.25) is 0 Å². The minimum absolute atomic E-state index is 0.0335. The second-order valence-corrected chi connectivity index (χ2v) is 7.54. The lowest BCUT2D eigenvalue weighted by Crippen LogP contribution is -2.44. The molecule has 0 bridgehead atoms. The third-order valence-electron chi connectivity index (χ3n) is 6.05. The van der Waals surface area contributed by atoms with Gasteiger partial charge < -0.3 is 14.9 Å². The van der Waals surface area contributed by atoms with E-state index < -0.39 is 22.7 Å². The molecule has 2 atom stereocenters. The highest BCUT2D eigenvalue weighted by atomic mass is 16.4. The Balaban J connectivity index is 1.55. The summed E-state index contributed by atoms with van der Waals surface area (Å²) in [5.74, 6) is -1.78. The van der Waals surface area contributed by atoms with Crippen molar-refractivity contribution in [3.63, 3.8) is 0 Å². The Morgan fingerprint density at radius 2 is 2.12 bits per heavy atom. The van der Waals surface area contributed by atoms with E-state index in [4.69, 9.17) is 0 Å². The van der Waals surface area contributed by atoms with Gasteiger partial charge in [-0.15, -0.1) is 0 Å². The van der Waals surface area contributed by atoms with Gasteiger partial charge in [-0.3, -0.25) is 19.1 Å². The fourth-order valence-corrected chi connectivity index (χ4v) is 4.36. The maximum Gasteiger partial charge on any atom is 0.314 e. The Hall–Kier alpha value is -2.38. The number of hydrogen-bond acceptors (Lipinski definition) is 4. The first-order valence-electron chi connectivity index (χ1n) is 8.71. The number of hydrogen-bond donors (Lipinski definition) is 1.